The summed E-state index contributed by atoms with van der Waals surface area (Å²) in [6.07, 6.45) is 5.40. The molecule has 0 spiro atoms. The summed E-state index contributed by atoms with van der Waals surface area (Å²) in [5.74, 6) is 0.748. The summed E-state index contributed by atoms with van der Waals surface area (Å²) in [4.78, 5) is 22.0. The monoisotopic (exact) mass is 435 g/mol. The van der Waals surface area contributed by atoms with E-state index < -0.39 is 10.0 Å². The first kappa shape index (κ1) is 19.4. The van der Waals surface area contributed by atoms with Crippen molar-refractivity contribution in [1.29, 1.82) is 0 Å². The van der Waals surface area contributed by atoms with E-state index in [4.69, 9.17) is 0 Å². The number of fused-ring (bicyclic) bond motifs is 2. The van der Waals surface area contributed by atoms with Crippen LogP contribution in [0.3, 0.4) is 0 Å². The van der Waals surface area contributed by atoms with Crippen molar-refractivity contribution in [2.24, 2.45) is 7.05 Å². The van der Waals surface area contributed by atoms with Crippen molar-refractivity contribution in [3.63, 3.8) is 0 Å². The fourth-order valence-electron chi connectivity index (χ4n) is 4.12. The lowest BCUT2D eigenvalue weighted by molar-refractivity contribution is 0.602. The van der Waals surface area contributed by atoms with Gasteiger partial charge in [-0.2, -0.15) is 0 Å². The molecular formula is C22H21N5O3S. The van der Waals surface area contributed by atoms with Crippen molar-refractivity contribution < 1.29 is 8.42 Å². The third-order valence-electron chi connectivity index (χ3n) is 5.58. The molecule has 8 nitrogen and oxygen atoms in total. The molecule has 1 aromatic carbocycles. The maximum absolute atomic E-state index is 12.6. The van der Waals surface area contributed by atoms with Gasteiger partial charge < -0.3 is 14.5 Å². The van der Waals surface area contributed by atoms with Crippen LogP contribution in [0.5, 0.6) is 0 Å². The second kappa shape index (κ2) is 6.98. The fraction of sp³-hybridized carbons (Fsp3) is 0.182. The number of aromatic amines is 1. The second-order valence-corrected chi connectivity index (χ2v) is 9.54. The van der Waals surface area contributed by atoms with Gasteiger partial charge in [-0.05, 0) is 42.8 Å². The SMILES string of the molecule is CCS(=O)(=O)Nc1ccc2c(c1)-c1cn(C)c3c(=O)[nH]cc(c13)CN2c1ccccn1. The van der Waals surface area contributed by atoms with Gasteiger partial charge in [0.1, 0.15) is 11.3 Å². The number of aromatic nitrogens is 3. The summed E-state index contributed by atoms with van der Waals surface area (Å²) in [6.45, 7) is 2.10. The van der Waals surface area contributed by atoms with Crippen LogP contribution < -0.4 is 15.2 Å². The zero-order chi connectivity index (χ0) is 21.8. The average Bonchev–Trinajstić information content (AvgIpc) is 3.06. The Hall–Kier alpha value is -3.59. The Morgan fingerprint density at radius 2 is 2.03 bits per heavy atom. The number of hydrogen-bond acceptors (Lipinski definition) is 5. The van der Waals surface area contributed by atoms with Crippen molar-refractivity contribution in [1.82, 2.24) is 14.5 Å². The van der Waals surface area contributed by atoms with Crippen molar-refractivity contribution in [3.05, 3.63) is 70.9 Å². The Kier molecular flexibility index (Phi) is 4.37. The third kappa shape index (κ3) is 3.17. The van der Waals surface area contributed by atoms with Gasteiger partial charge in [-0.3, -0.25) is 9.52 Å². The number of nitrogens with zero attached hydrogens (tertiary/aromatic N) is 3. The second-order valence-electron chi connectivity index (χ2n) is 7.53. The number of rotatable bonds is 4. The van der Waals surface area contributed by atoms with E-state index in [0.717, 1.165) is 33.6 Å². The highest BCUT2D eigenvalue weighted by molar-refractivity contribution is 7.92. The van der Waals surface area contributed by atoms with Gasteiger partial charge in [0, 0.05) is 47.8 Å². The molecule has 3 aromatic heterocycles. The standard InChI is InChI=1S/C22H21N5O3S/c1-3-31(29,30)25-15-7-8-18-16(10-15)17-13-26(2)21-20(17)14(11-24-22(21)28)12-27(18)19-6-4-5-9-23-19/h4-11,13,25H,3,12H2,1-2H3,(H,24,28). The van der Waals surface area contributed by atoms with Crippen LogP contribution >= 0.6 is 0 Å². The molecular weight excluding hydrogens is 414 g/mol. The van der Waals surface area contributed by atoms with Gasteiger partial charge in [-0.25, -0.2) is 13.4 Å². The van der Waals surface area contributed by atoms with E-state index in [1.165, 1.54) is 0 Å². The van der Waals surface area contributed by atoms with Gasteiger partial charge in [0.05, 0.1) is 18.0 Å². The van der Waals surface area contributed by atoms with Crippen molar-refractivity contribution in [2.75, 3.05) is 15.4 Å². The molecule has 4 heterocycles. The Bertz CT molecular complexity index is 1470. The maximum atomic E-state index is 12.6. The van der Waals surface area contributed by atoms with Gasteiger partial charge in [-0.15, -0.1) is 0 Å². The van der Waals surface area contributed by atoms with Crippen molar-refractivity contribution in [3.8, 4) is 11.1 Å². The minimum atomic E-state index is -3.42. The number of sulfonamides is 1. The lowest BCUT2D eigenvalue weighted by Crippen LogP contribution is -2.19. The summed E-state index contributed by atoms with van der Waals surface area (Å²) >= 11 is 0. The predicted octanol–water partition coefficient (Wildman–Crippen LogP) is 3.34. The summed E-state index contributed by atoms with van der Waals surface area (Å²) in [6, 6.07) is 11.2. The largest absolute Gasteiger partial charge is 0.345 e. The van der Waals surface area contributed by atoms with Crippen LogP contribution in [0.2, 0.25) is 0 Å². The lowest BCUT2D eigenvalue weighted by atomic mass is 10.0. The van der Waals surface area contributed by atoms with Crippen LogP contribution in [0.1, 0.15) is 12.5 Å². The maximum Gasteiger partial charge on any atom is 0.272 e. The Labute approximate surface area is 179 Å². The highest BCUT2D eigenvalue weighted by Crippen LogP contribution is 2.44. The van der Waals surface area contributed by atoms with Crippen LogP contribution in [0.4, 0.5) is 17.2 Å². The van der Waals surface area contributed by atoms with Crippen molar-refractivity contribution in [2.45, 2.75) is 13.5 Å². The average molecular weight is 436 g/mol. The van der Waals surface area contributed by atoms with E-state index >= 15 is 0 Å². The van der Waals surface area contributed by atoms with Gasteiger partial charge in [0.15, 0.2) is 0 Å². The van der Waals surface area contributed by atoms with Crippen LogP contribution in [0.15, 0.2) is 59.8 Å². The molecule has 2 N–H and O–H groups in total. The van der Waals surface area contributed by atoms with E-state index in [0.29, 0.717) is 17.7 Å². The van der Waals surface area contributed by atoms with E-state index in [2.05, 4.69) is 19.6 Å². The highest BCUT2D eigenvalue weighted by atomic mass is 32.2. The molecule has 4 aromatic rings. The molecule has 5 rings (SSSR count). The molecule has 31 heavy (non-hydrogen) atoms. The lowest BCUT2D eigenvalue weighted by Gasteiger charge is -2.25. The molecule has 0 aliphatic carbocycles. The van der Waals surface area contributed by atoms with Crippen LogP contribution in [-0.2, 0) is 23.6 Å². The van der Waals surface area contributed by atoms with Gasteiger partial charge in [-0.1, -0.05) is 6.07 Å². The van der Waals surface area contributed by atoms with Gasteiger partial charge >= 0.3 is 0 Å². The summed E-state index contributed by atoms with van der Waals surface area (Å²) in [7, 11) is -1.58. The minimum Gasteiger partial charge on any atom is -0.345 e. The fourth-order valence-corrected chi connectivity index (χ4v) is 4.75. The molecule has 0 saturated heterocycles. The van der Waals surface area contributed by atoms with E-state index in [1.807, 2.05) is 48.1 Å². The third-order valence-corrected chi connectivity index (χ3v) is 6.89. The number of hydrogen-bond donors (Lipinski definition) is 2. The number of aryl methyl sites for hydroxylation is 1. The molecule has 9 heteroatoms. The molecule has 0 amide bonds. The summed E-state index contributed by atoms with van der Waals surface area (Å²) in [5.41, 5.74) is 4.45. The van der Waals surface area contributed by atoms with Crippen LogP contribution in [0, 0.1) is 0 Å². The molecule has 1 aliphatic heterocycles. The van der Waals surface area contributed by atoms with Crippen molar-refractivity contribution >= 4 is 38.1 Å². The number of benzene rings is 1. The quantitative estimate of drug-likeness (QED) is 0.512. The Morgan fingerprint density at radius 3 is 2.77 bits per heavy atom. The molecule has 0 unspecified atom stereocenters. The molecule has 158 valence electrons. The Balaban J connectivity index is 1.81. The molecule has 0 bridgehead atoms. The smallest absolute Gasteiger partial charge is 0.272 e. The molecule has 0 saturated carbocycles. The van der Waals surface area contributed by atoms with E-state index in [9.17, 15) is 13.2 Å². The van der Waals surface area contributed by atoms with Gasteiger partial charge in [0.2, 0.25) is 10.0 Å². The normalized spacial score (nSPS) is 13.2. The summed E-state index contributed by atoms with van der Waals surface area (Å²) < 4.78 is 28.7. The number of pyridine rings is 2. The minimum absolute atomic E-state index is 0.0159. The predicted molar refractivity (Wildman–Crippen MR) is 122 cm³/mol. The summed E-state index contributed by atoms with van der Waals surface area (Å²) in [5, 5.41) is 0.862. The topological polar surface area (TPSA) is 100 Å². The number of H-pyrrole nitrogens is 1. The van der Waals surface area contributed by atoms with E-state index in [1.54, 1.807) is 25.4 Å². The number of anilines is 3. The Morgan fingerprint density at radius 1 is 1.19 bits per heavy atom. The first-order valence-electron chi connectivity index (χ1n) is 9.91. The first-order chi connectivity index (χ1) is 14.9. The number of nitrogens with one attached hydrogen (secondary N) is 2. The molecule has 1 aliphatic rings. The molecule has 0 fully saturated rings. The van der Waals surface area contributed by atoms with E-state index in [-0.39, 0.29) is 11.3 Å². The van der Waals surface area contributed by atoms with Gasteiger partial charge in [0.25, 0.3) is 5.56 Å². The highest BCUT2D eigenvalue weighted by Gasteiger charge is 2.26. The molecule has 0 atom stereocenters. The zero-order valence-corrected chi connectivity index (χ0v) is 17.9. The zero-order valence-electron chi connectivity index (χ0n) is 17.1. The first-order valence-corrected chi connectivity index (χ1v) is 11.6. The van der Waals surface area contributed by atoms with Crippen LogP contribution in [-0.4, -0.2) is 28.7 Å². The van der Waals surface area contributed by atoms with Crippen LogP contribution in [0.25, 0.3) is 22.0 Å². The molecule has 0 radical (unpaired) electrons.